The average Bonchev–Trinajstić information content (AvgIpc) is 3.00. The number of amidine groups is 1. The Hall–Kier alpha value is -3.36. The predicted molar refractivity (Wildman–Crippen MR) is 132 cm³/mol. The fraction of sp³-hybridized carbons (Fsp3) is 0.269. The van der Waals surface area contributed by atoms with Crippen LogP contribution in [0.3, 0.4) is 0 Å². The number of hydrogen-bond donors (Lipinski definition) is 0. The van der Waals surface area contributed by atoms with E-state index in [0.29, 0.717) is 41.8 Å². The molecule has 3 aromatic rings. The normalized spacial score (nSPS) is 18.3. The van der Waals surface area contributed by atoms with Gasteiger partial charge in [-0.25, -0.2) is 13.4 Å². The lowest BCUT2D eigenvalue weighted by Crippen LogP contribution is -2.55. The van der Waals surface area contributed by atoms with E-state index in [4.69, 9.17) is 14.5 Å². The third kappa shape index (κ3) is 4.03. The van der Waals surface area contributed by atoms with Gasteiger partial charge in [0, 0.05) is 25.7 Å². The molecule has 7 nitrogen and oxygen atoms in total. The number of ether oxygens (including phenoxy) is 2. The van der Waals surface area contributed by atoms with Crippen molar-refractivity contribution >= 4 is 21.5 Å². The number of aliphatic imine (C=N–C) groups is 1. The molecule has 176 valence electrons. The number of hydrogen-bond acceptors (Lipinski definition) is 6. The van der Waals surface area contributed by atoms with Gasteiger partial charge in [0.1, 0.15) is 23.0 Å². The molecule has 1 fully saturated rings. The maximum Gasteiger partial charge on any atom is 0.243 e. The number of piperazine rings is 1. The Bertz CT molecular complexity index is 1370. The molecule has 0 saturated carbocycles. The number of nitrogens with zero attached hydrogens (tertiary/aromatic N) is 3. The van der Waals surface area contributed by atoms with E-state index in [2.05, 4.69) is 4.90 Å². The molecule has 0 unspecified atom stereocenters. The third-order valence-electron chi connectivity index (χ3n) is 6.20. The summed E-state index contributed by atoms with van der Waals surface area (Å²) in [5.41, 5.74) is 2.47. The molecule has 8 heteroatoms. The largest absolute Gasteiger partial charge is 0.497 e. The SMILES string of the molecule is COc1ccc2c(c1)C(N1CCN(S(=O)(=O)c3cccc(C)c3)[C@H](C)C1)=Nc1ccccc1O2. The molecule has 1 saturated heterocycles. The van der Waals surface area contributed by atoms with Crippen molar-refractivity contribution in [2.45, 2.75) is 24.8 Å². The van der Waals surface area contributed by atoms with E-state index in [0.717, 1.165) is 22.6 Å². The summed E-state index contributed by atoms with van der Waals surface area (Å²) >= 11 is 0. The third-order valence-corrected chi connectivity index (χ3v) is 8.21. The van der Waals surface area contributed by atoms with Crippen LogP contribution >= 0.6 is 0 Å². The molecule has 5 rings (SSSR count). The Morgan fingerprint density at radius 2 is 1.82 bits per heavy atom. The van der Waals surface area contributed by atoms with Gasteiger partial charge in [0.2, 0.25) is 10.0 Å². The van der Waals surface area contributed by atoms with E-state index < -0.39 is 10.0 Å². The number of benzene rings is 3. The number of aryl methyl sites for hydroxylation is 1. The van der Waals surface area contributed by atoms with Gasteiger partial charge in [-0.15, -0.1) is 0 Å². The smallest absolute Gasteiger partial charge is 0.243 e. The lowest BCUT2D eigenvalue weighted by atomic mass is 10.1. The van der Waals surface area contributed by atoms with Crippen molar-refractivity contribution in [1.29, 1.82) is 0 Å². The van der Waals surface area contributed by atoms with Crippen molar-refractivity contribution in [3.05, 3.63) is 77.9 Å². The maximum absolute atomic E-state index is 13.4. The first-order valence-electron chi connectivity index (χ1n) is 11.2. The minimum Gasteiger partial charge on any atom is -0.497 e. The van der Waals surface area contributed by atoms with Gasteiger partial charge in [0.05, 0.1) is 17.6 Å². The van der Waals surface area contributed by atoms with Crippen LogP contribution < -0.4 is 9.47 Å². The average molecular weight is 478 g/mol. The Kier molecular flexibility index (Phi) is 5.79. The van der Waals surface area contributed by atoms with Crippen LogP contribution in [0.1, 0.15) is 18.1 Å². The van der Waals surface area contributed by atoms with E-state index in [1.807, 2.05) is 62.4 Å². The summed E-state index contributed by atoms with van der Waals surface area (Å²) in [7, 11) is -1.97. The molecule has 0 spiro atoms. The zero-order valence-electron chi connectivity index (χ0n) is 19.4. The molecule has 0 N–H and O–H groups in total. The highest BCUT2D eigenvalue weighted by atomic mass is 32.2. The summed E-state index contributed by atoms with van der Waals surface area (Å²) in [6.45, 7) is 5.21. The zero-order chi connectivity index (χ0) is 23.9. The molecule has 1 atom stereocenters. The van der Waals surface area contributed by atoms with Crippen LogP contribution in [0.25, 0.3) is 0 Å². The molecule has 34 heavy (non-hydrogen) atoms. The van der Waals surface area contributed by atoms with E-state index in [-0.39, 0.29) is 6.04 Å². The van der Waals surface area contributed by atoms with E-state index in [9.17, 15) is 8.42 Å². The zero-order valence-corrected chi connectivity index (χ0v) is 20.2. The number of rotatable bonds is 3. The fourth-order valence-electron chi connectivity index (χ4n) is 4.47. The molecule has 2 heterocycles. The van der Waals surface area contributed by atoms with Crippen LogP contribution in [0.2, 0.25) is 0 Å². The highest BCUT2D eigenvalue weighted by Gasteiger charge is 2.36. The lowest BCUT2D eigenvalue weighted by molar-refractivity contribution is 0.205. The van der Waals surface area contributed by atoms with E-state index in [1.165, 1.54) is 0 Å². The lowest BCUT2D eigenvalue weighted by Gasteiger charge is -2.40. The molecule has 0 aromatic heterocycles. The second kappa shape index (κ2) is 8.77. The molecule has 2 aliphatic heterocycles. The van der Waals surface area contributed by atoms with Crippen molar-refractivity contribution in [3.8, 4) is 17.2 Å². The summed E-state index contributed by atoms with van der Waals surface area (Å²) in [6.07, 6.45) is 0. The van der Waals surface area contributed by atoms with Crippen LogP contribution in [0.5, 0.6) is 17.2 Å². The minimum atomic E-state index is -3.59. The maximum atomic E-state index is 13.4. The Balaban J connectivity index is 1.49. The number of para-hydroxylation sites is 2. The molecule has 2 aliphatic rings. The first-order valence-corrected chi connectivity index (χ1v) is 12.7. The van der Waals surface area contributed by atoms with Crippen LogP contribution in [0.4, 0.5) is 5.69 Å². The molecule has 0 bridgehead atoms. The van der Waals surface area contributed by atoms with Gasteiger partial charge in [0.15, 0.2) is 5.75 Å². The topological polar surface area (TPSA) is 71.4 Å². The second-order valence-electron chi connectivity index (χ2n) is 8.59. The summed E-state index contributed by atoms with van der Waals surface area (Å²) in [5, 5.41) is 0. The molecular weight excluding hydrogens is 450 g/mol. The highest BCUT2D eigenvalue weighted by molar-refractivity contribution is 7.89. The van der Waals surface area contributed by atoms with Gasteiger partial charge in [-0.1, -0.05) is 24.3 Å². The van der Waals surface area contributed by atoms with Gasteiger partial charge < -0.3 is 14.4 Å². The number of fused-ring (bicyclic) bond motifs is 2. The van der Waals surface area contributed by atoms with Crippen LogP contribution in [-0.2, 0) is 10.0 Å². The molecule has 0 aliphatic carbocycles. The molecular formula is C26H27N3O4S. The van der Waals surface area contributed by atoms with Crippen LogP contribution in [0, 0.1) is 6.92 Å². The van der Waals surface area contributed by atoms with Crippen molar-refractivity contribution in [1.82, 2.24) is 9.21 Å². The van der Waals surface area contributed by atoms with Gasteiger partial charge >= 0.3 is 0 Å². The Labute approximate surface area is 200 Å². The van der Waals surface area contributed by atoms with Gasteiger partial charge in [-0.3, -0.25) is 0 Å². The Morgan fingerprint density at radius 3 is 2.59 bits per heavy atom. The summed E-state index contributed by atoms with van der Waals surface area (Å²) < 4.78 is 40.0. The number of sulfonamides is 1. The summed E-state index contributed by atoms with van der Waals surface area (Å²) in [4.78, 5) is 7.43. The first-order chi connectivity index (χ1) is 16.4. The quantitative estimate of drug-likeness (QED) is 0.552. The van der Waals surface area contributed by atoms with E-state index in [1.54, 1.807) is 29.6 Å². The molecule has 0 radical (unpaired) electrons. The fourth-order valence-corrected chi connectivity index (χ4v) is 6.19. The first kappa shape index (κ1) is 22.4. The van der Waals surface area contributed by atoms with E-state index >= 15 is 0 Å². The monoisotopic (exact) mass is 477 g/mol. The predicted octanol–water partition coefficient (Wildman–Crippen LogP) is 4.58. The molecule has 3 aromatic carbocycles. The van der Waals surface area contributed by atoms with Crippen molar-refractivity contribution in [2.24, 2.45) is 4.99 Å². The van der Waals surface area contributed by atoms with Crippen LogP contribution in [0.15, 0.2) is 76.6 Å². The number of methoxy groups -OCH3 is 1. The van der Waals surface area contributed by atoms with Crippen molar-refractivity contribution in [3.63, 3.8) is 0 Å². The Morgan fingerprint density at radius 1 is 1.00 bits per heavy atom. The van der Waals surface area contributed by atoms with Crippen LogP contribution in [-0.4, -0.2) is 56.2 Å². The minimum absolute atomic E-state index is 0.240. The second-order valence-corrected chi connectivity index (χ2v) is 10.5. The summed E-state index contributed by atoms with van der Waals surface area (Å²) in [6, 6.07) is 20.1. The van der Waals surface area contributed by atoms with Gasteiger partial charge in [-0.05, 0) is 61.9 Å². The van der Waals surface area contributed by atoms with Gasteiger partial charge in [-0.2, -0.15) is 4.31 Å². The summed E-state index contributed by atoms with van der Waals surface area (Å²) in [5.74, 6) is 2.82. The highest BCUT2D eigenvalue weighted by Crippen LogP contribution is 2.39. The van der Waals surface area contributed by atoms with Gasteiger partial charge in [0.25, 0.3) is 0 Å². The van der Waals surface area contributed by atoms with Crippen molar-refractivity contribution < 1.29 is 17.9 Å². The van der Waals surface area contributed by atoms with Crippen molar-refractivity contribution in [2.75, 3.05) is 26.7 Å². The standard InChI is InChI=1S/C26H27N3O4S/c1-18-7-6-8-21(15-18)34(30,31)29-14-13-28(17-19(29)2)26-22-16-20(32-3)11-12-24(22)33-25-10-5-4-9-23(25)27-26/h4-12,15-16,19H,13-14,17H2,1-3H3/t19-/m1/s1. The molecule has 0 amide bonds.